The third-order valence-electron chi connectivity index (χ3n) is 5.45. The molecular weight excluding hydrogens is 470 g/mol. The van der Waals surface area contributed by atoms with Gasteiger partial charge in [0.2, 0.25) is 15.9 Å². The fourth-order valence-corrected chi connectivity index (χ4v) is 4.19. The van der Waals surface area contributed by atoms with Gasteiger partial charge < -0.3 is 19.7 Å². The van der Waals surface area contributed by atoms with Crippen molar-refractivity contribution in [3.05, 3.63) is 71.4 Å². The van der Waals surface area contributed by atoms with E-state index in [0.717, 1.165) is 0 Å². The Morgan fingerprint density at radius 3 is 2.66 bits per heavy atom. The Hall–Kier alpha value is -3.98. The van der Waals surface area contributed by atoms with Crippen LogP contribution in [0, 0.1) is 18.3 Å². The molecule has 0 spiro atoms. The molecule has 2 heterocycles. The highest BCUT2D eigenvalue weighted by atomic mass is 32.2. The van der Waals surface area contributed by atoms with Gasteiger partial charge >= 0.3 is 0 Å². The number of nitriles is 1. The second kappa shape index (κ2) is 10.1. The summed E-state index contributed by atoms with van der Waals surface area (Å²) in [5.41, 5.74) is 2.28. The minimum atomic E-state index is -4.00. The van der Waals surface area contributed by atoms with Crippen molar-refractivity contribution in [3.63, 3.8) is 0 Å². The molecule has 0 aliphatic carbocycles. The summed E-state index contributed by atoms with van der Waals surface area (Å²) in [6.07, 6.45) is 1.53. The number of aryl methyl sites for hydroxylation is 1. The number of rotatable bonds is 6. The van der Waals surface area contributed by atoms with Crippen LogP contribution in [0.1, 0.15) is 21.5 Å². The number of morpholine rings is 1. The summed E-state index contributed by atoms with van der Waals surface area (Å²) in [6.45, 7) is 3.93. The van der Waals surface area contributed by atoms with Crippen LogP contribution in [0.3, 0.4) is 0 Å². The van der Waals surface area contributed by atoms with Gasteiger partial charge in [-0.2, -0.15) is 5.26 Å². The lowest BCUT2D eigenvalue weighted by Crippen LogP contribution is -2.37. The second-order valence-electron chi connectivity index (χ2n) is 7.82. The van der Waals surface area contributed by atoms with Crippen molar-refractivity contribution in [2.24, 2.45) is 5.14 Å². The number of nitrogens with one attached hydrogen (secondary N) is 1. The van der Waals surface area contributed by atoms with Crippen LogP contribution in [0.25, 0.3) is 0 Å². The monoisotopic (exact) mass is 493 g/mol. The fourth-order valence-electron chi connectivity index (χ4n) is 3.65. The molecule has 1 aliphatic rings. The number of amides is 1. The molecule has 0 radical (unpaired) electrons. The molecule has 1 fully saturated rings. The second-order valence-corrected chi connectivity index (χ2v) is 9.39. The van der Waals surface area contributed by atoms with Gasteiger partial charge in [-0.15, -0.1) is 0 Å². The summed E-state index contributed by atoms with van der Waals surface area (Å²) in [5.74, 6) is 0.146. The highest BCUT2D eigenvalue weighted by Gasteiger charge is 2.22. The van der Waals surface area contributed by atoms with E-state index in [4.69, 9.17) is 14.6 Å². The maximum atomic E-state index is 13.3. The van der Waals surface area contributed by atoms with Gasteiger partial charge in [0.25, 0.3) is 5.91 Å². The topological polar surface area (TPSA) is 148 Å². The predicted molar refractivity (Wildman–Crippen MR) is 129 cm³/mol. The maximum absolute atomic E-state index is 13.3. The van der Waals surface area contributed by atoms with Crippen LogP contribution in [0.2, 0.25) is 0 Å². The number of hydrogen-bond donors (Lipinski definition) is 2. The lowest BCUT2D eigenvalue weighted by Gasteiger charge is -2.30. The average molecular weight is 494 g/mol. The van der Waals surface area contributed by atoms with Crippen molar-refractivity contribution in [3.8, 4) is 17.7 Å². The first-order valence-electron chi connectivity index (χ1n) is 10.7. The van der Waals surface area contributed by atoms with E-state index in [1.807, 2.05) is 11.0 Å². The van der Waals surface area contributed by atoms with Crippen LogP contribution in [-0.2, 0) is 14.8 Å². The molecule has 1 saturated heterocycles. The molecule has 4 rings (SSSR count). The molecule has 0 unspecified atom stereocenters. The molecule has 10 nitrogen and oxygen atoms in total. The van der Waals surface area contributed by atoms with Gasteiger partial charge in [0.1, 0.15) is 17.4 Å². The minimum Gasteiger partial charge on any atom is -0.438 e. The third kappa shape index (κ3) is 5.58. The fraction of sp³-hybridized carbons (Fsp3) is 0.208. The van der Waals surface area contributed by atoms with Crippen LogP contribution in [-0.4, -0.2) is 45.6 Å². The number of nitrogens with two attached hydrogens (primary N) is 1. The van der Waals surface area contributed by atoms with Gasteiger partial charge in [0.15, 0.2) is 0 Å². The van der Waals surface area contributed by atoms with Crippen molar-refractivity contribution in [1.82, 2.24) is 4.98 Å². The maximum Gasteiger partial charge on any atom is 0.257 e. The zero-order chi connectivity index (χ0) is 25.0. The molecular formula is C24H23N5O5S. The smallest absolute Gasteiger partial charge is 0.257 e. The van der Waals surface area contributed by atoms with Crippen LogP contribution >= 0.6 is 0 Å². The molecule has 0 bridgehead atoms. The van der Waals surface area contributed by atoms with Crippen molar-refractivity contribution < 1.29 is 22.7 Å². The number of primary sulfonamides is 1. The van der Waals surface area contributed by atoms with E-state index in [0.29, 0.717) is 54.6 Å². The van der Waals surface area contributed by atoms with Gasteiger partial charge in [-0.25, -0.2) is 18.5 Å². The van der Waals surface area contributed by atoms with Gasteiger partial charge in [-0.05, 0) is 61.0 Å². The average Bonchev–Trinajstić information content (AvgIpc) is 2.85. The standard InChI is InChI=1S/C24H23N5O5S/c1-16-13-18(34-24-17(15-25)3-2-8-27-24)4-6-21(16)28-23(30)20-14-19(35(26,31)32)5-7-22(20)29-9-11-33-12-10-29/h2-8,13-14H,9-12H2,1H3,(H,28,30)(H2,26,31,32). The van der Waals surface area contributed by atoms with E-state index in [-0.39, 0.29) is 16.3 Å². The highest BCUT2D eigenvalue weighted by molar-refractivity contribution is 7.89. The molecule has 1 aromatic heterocycles. The number of benzene rings is 2. The molecule has 3 aromatic rings. The number of aromatic nitrogens is 1. The molecule has 1 amide bonds. The first kappa shape index (κ1) is 24.2. The van der Waals surface area contributed by atoms with E-state index in [1.54, 1.807) is 43.3 Å². The molecule has 2 aromatic carbocycles. The number of nitrogens with zero attached hydrogens (tertiary/aromatic N) is 3. The Balaban J connectivity index is 1.61. The molecule has 0 atom stereocenters. The Kier molecular flexibility index (Phi) is 6.97. The van der Waals surface area contributed by atoms with Crippen molar-refractivity contribution in [2.45, 2.75) is 11.8 Å². The Labute approximate surface area is 203 Å². The van der Waals surface area contributed by atoms with Crippen molar-refractivity contribution >= 4 is 27.3 Å². The summed E-state index contributed by atoms with van der Waals surface area (Å²) in [7, 11) is -4.00. The number of hydrogen-bond acceptors (Lipinski definition) is 8. The molecule has 3 N–H and O–H groups in total. The number of sulfonamides is 1. The zero-order valence-electron chi connectivity index (χ0n) is 18.9. The number of ether oxygens (including phenoxy) is 2. The summed E-state index contributed by atoms with van der Waals surface area (Å²) in [5, 5.41) is 17.4. The van der Waals surface area contributed by atoms with Gasteiger partial charge in [0, 0.05) is 30.7 Å². The molecule has 35 heavy (non-hydrogen) atoms. The molecule has 180 valence electrons. The molecule has 1 aliphatic heterocycles. The highest BCUT2D eigenvalue weighted by Crippen LogP contribution is 2.29. The number of anilines is 2. The SMILES string of the molecule is Cc1cc(Oc2ncccc2C#N)ccc1NC(=O)c1cc(S(N)(=O)=O)ccc1N1CCOCC1. The van der Waals surface area contributed by atoms with E-state index < -0.39 is 15.9 Å². The van der Waals surface area contributed by atoms with Gasteiger partial charge in [0.05, 0.1) is 23.7 Å². The van der Waals surface area contributed by atoms with E-state index in [2.05, 4.69) is 10.3 Å². The predicted octanol–water partition coefficient (Wildman–Crippen LogP) is 2.79. The normalized spacial score (nSPS) is 13.7. The Morgan fingerprint density at radius 1 is 1.20 bits per heavy atom. The number of carbonyl (C=O) groups excluding carboxylic acids is 1. The summed E-state index contributed by atoms with van der Waals surface area (Å²) < 4.78 is 34.9. The van der Waals surface area contributed by atoms with Crippen LogP contribution in [0.5, 0.6) is 11.6 Å². The first-order chi connectivity index (χ1) is 16.8. The minimum absolute atomic E-state index is 0.149. The zero-order valence-corrected chi connectivity index (χ0v) is 19.7. The summed E-state index contributed by atoms with van der Waals surface area (Å²) in [6, 6.07) is 14.5. The summed E-state index contributed by atoms with van der Waals surface area (Å²) in [4.78, 5) is 19.2. The van der Waals surface area contributed by atoms with E-state index in [9.17, 15) is 18.5 Å². The van der Waals surface area contributed by atoms with E-state index >= 15 is 0 Å². The number of carbonyl (C=O) groups is 1. The largest absolute Gasteiger partial charge is 0.438 e. The Bertz CT molecular complexity index is 1410. The first-order valence-corrected chi connectivity index (χ1v) is 12.3. The Morgan fingerprint density at radius 2 is 1.97 bits per heavy atom. The van der Waals surface area contributed by atoms with Gasteiger partial charge in [-0.1, -0.05) is 0 Å². The number of pyridine rings is 1. The van der Waals surface area contributed by atoms with Crippen molar-refractivity contribution in [1.29, 1.82) is 5.26 Å². The third-order valence-corrected chi connectivity index (χ3v) is 6.36. The molecule has 11 heteroatoms. The van der Waals surface area contributed by atoms with Gasteiger partial charge in [-0.3, -0.25) is 4.79 Å². The molecule has 0 saturated carbocycles. The summed E-state index contributed by atoms with van der Waals surface area (Å²) >= 11 is 0. The van der Waals surface area contributed by atoms with Crippen LogP contribution in [0.4, 0.5) is 11.4 Å². The lowest BCUT2D eigenvalue weighted by molar-refractivity contribution is 0.102. The van der Waals surface area contributed by atoms with E-state index in [1.165, 1.54) is 18.3 Å². The quantitative estimate of drug-likeness (QED) is 0.533. The lowest BCUT2D eigenvalue weighted by atomic mass is 10.1. The van der Waals surface area contributed by atoms with Crippen molar-refractivity contribution in [2.75, 3.05) is 36.5 Å². The van der Waals surface area contributed by atoms with Crippen LogP contribution < -0.4 is 20.1 Å². The van der Waals surface area contributed by atoms with Crippen LogP contribution in [0.15, 0.2) is 59.6 Å².